The van der Waals surface area contributed by atoms with Crippen molar-refractivity contribution in [2.45, 2.75) is 13.5 Å². The maximum Gasteiger partial charge on any atom is 0.146 e. The zero-order valence-corrected chi connectivity index (χ0v) is 12.4. The van der Waals surface area contributed by atoms with E-state index < -0.39 is 11.6 Å². The van der Waals surface area contributed by atoms with E-state index in [0.717, 1.165) is 5.56 Å². The summed E-state index contributed by atoms with van der Waals surface area (Å²) in [4.78, 5) is 0. The summed E-state index contributed by atoms with van der Waals surface area (Å²) in [6, 6.07) is 7.71. The fraction of sp³-hybridized carbons (Fsp3) is 0.143. The molecule has 0 bridgehead atoms. The van der Waals surface area contributed by atoms with Crippen molar-refractivity contribution in [3.05, 3.63) is 62.6 Å². The number of halogens is 4. The maximum absolute atomic E-state index is 13.7. The van der Waals surface area contributed by atoms with Crippen molar-refractivity contribution in [1.82, 2.24) is 0 Å². The monoisotopic (exact) mass is 346 g/mol. The van der Waals surface area contributed by atoms with E-state index in [4.69, 9.17) is 16.3 Å². The second kappa shape index (κ2) is 5.88. The quantitative estimate of drug-likeness (QED) is 0.687. The fourth-order valence-corrected chi connectivity index (χ4v) is 2.24. The second-order valence-corrected chi connectivity index (χ2v) is 5.31. The third-order valence-electron chi connectivity index (χ3n) is 2.60. The van der Waals surface area contributed by atoms with E-state index in [1.807, 2.05) is 13.0 Å². The van der Waals surface area contributed by atoms with Crippen LogP contribution in [0.25, 0.3) is 0 Å². The molecule has 19 heavy (non-hydrogen) atoms. The van der Waals surface area contributed by atoms with Crippen LogP contribution in [0.5, 0.6) is 5.75 Å². The van der Waals surface area contributed by atoms with Crippen LogP contribution in [-0.2, 0) is 6.61 Å². The standard InChI is InChI=1S/C14H10BrClF2O/c1-8-2-5-13(11(16)6-8)19-7-9-12(17)4-3-10(15)14(9)18/h2-6H,7H2,1H3. The molecule has 1 nitrogen and oxygen atoms in total. The summed E-state index contributed by atoms with van der Waals surface area (Å²) >= 11 is 8.99. The molecule has 5 heteroatoms. The van der Waals surface area contributed by atoms with Gasteiger partial charge in [-0.05, 0) is 52.7 Å². The van der Waals surface area contributed by atoms with Crippen molar-refractivity contribution in [2.24, 2.45) is 0 Å². The number of ether oxygens (including phenoxy) is 1. The summed E-state index contributed by atoms with van der Waals surface area (Å²) in [5.74, 6) is -0.918. The van der Waals surface area contributed by atoms with Crippen molar-refractivity contribution in [3.63, 3.8) is 0 Å². The Kier molecular flexibility index (Phi) is 4.42. The van der Waals surface area contributed by atoms with E-state index in [1.54, 1.807) is 12.1 Å². The first-order valence-corrected chi connectivity index (χ1v) is 6.67. The third-order valence-corrected chi connectivity index (χ3v) is 3.51. The van der Waals surface area contributed by atoms with Gasteiger partial charge in [-0.15, -0.1) is 0 Å². The molecule has 2 aromatic rings. The van der Waals surface area contributed by atoms with Gasteiger partial charge in [-0.3, -0.25) is 0 Å². The van der Waals surface area contributed by atoms with Crippen LogP contribution in [0.1, 0.15) is 11.1 Å². The van der Waals surface area contributed by atoms with Gasteiger partial charge in [0.05, 0.1) is 15.1 Å². The number of hydrogen-bond acceptors (Lipinski definition) is 1. The molecule has 0 aliphatic carbocycles. The predicted molar refractivity (Wildman–Crippen MR) is 74.6 cm³/mol. The number of aryl methyl sites for hydroxylation is 1. The smallest absolute Gasteiger partial charge is 0.146 e. The second-order valence-electron chi connectivity index (χ2n) is 4.04. The molecule has 2 aromatic carbocycles. The van der Waals surface area contributed by atoms with Gasteiger partial charge in [0.2, 0.25) is 0 Å². The van der Waals surface area contributed by atoms with Crippen molar-refractivity contribution in [1.29, 1.82) is 0 Å². The molecule has 0 saturated heterocycles. The molecule has 100 valence electrons. The van der Waals surface area contributed by atoms with E-state index in [2.05, 4.69) is 15.9 Å². The largest absolute Gasteiger partial charge is 0.487 e. The van der Waals surface area contributed by atoms with Gasteiger partial charge in [0, 0.05) is 0 Å². The minimum atomic E-state index is -0.664. The molecular formula is C14H10BrClF2O. The van der Waals surface area contributed by atoms with Crippen LogP contribution in [0.2, 0.25) is 5.02 Å². The summed E-state index contributed by atoms with van der Waals surface area (Å²) in [6.45, 7) is 1.67. The van der Waals surface area contributed by atoms with Crippen LogP contribution in [0.15, 0.2) is 34.8 Å². The highest BCUT2D eigenvalue weighted by Crippen LogP contribution is 2.28. The van der Waals surface area contributed by atoms with Gasteiger partial charge in [-0.1, -0.05) is 17.7 Å². The van der Waals surface area contributed by atoms with Gasteiger partial charge in [-0.2, -0.15) is 0 Å². The Morgan fingerprint density at radius 1 is 1.21 bits per heavy atom. The van der Waals surface area contributed by atoms with Crippen LogP contribution in [0.4, 0.5) is 8.78 Å². The molecule has 0 saturated carbocycles. The molecule has 0 aromatic heterocycles. The van der Waals surface area contributed by atoms with E-state index in [-0.39, 0.29) is 16.6 Å². The number of hydrogen-bond donors (Lipinski definition) is 0. The Morgan fingerprint density at radius 3 is 2.63 bits per heavy atom. The van der Waals surface area contributed by atoms with Crippen LogP contribution in [-0.4, -0.2) is 0 Å². The normalized spacial score (nSPS) is 10.6. The minimum absolute atomic E-state index is 0.133. The van der Waals surface area contributed by atoms with Crippen molar-refractivity contribution in [2.75, 3.05) is 0 Å². The van der Waals surface area contributed by atoms with Gasteiger partial charge < -0.3 is 4.74 Å². The lowest BCUT2D eigenvalue weighted by atomic mass is 10.2. The van der Waals surface area contributed by atoms with Crippen LogP contribution < -0.4 is 4.74 Å². The molecule has 0 heterocycles. The molecule has 0 fully saturated rings. The summed E-state index contributed by atoms with van der Waals surface area (Å²) in [5.41, 5.74) is 0.850. The summed E-state index contributed by atoms with van der Waals surface area (Å²) in [5, 5.41) is 0.413. The van der Waals surface area contributed by atoms with Crippen molar-refractivity contribution >= 4 is 27.5 Å². The Labute approximate surface area is 123 Å². The molecule has 2 rings (SSSR count). The SMILES string of the molecule is Cc1ccc(OCc2c(F)ccc(Br)c2F)c(Cl)c1. The van der Waals surface area contributed by atoms with Gasteiger partial charge >= 0.3 is 0 Å². The minimum Gasteiger partial charge on any atom is -0.487 e. The van der Waals surface area contributed by atoms with Crippen LogP contribution >= 0.6 is 27.5 Å². The first kappa shape index (κ1) is 14.3. The number of benzene rings is 2. The Hall–Kier alpha value is -1.13. The topological polar surface area (TPSA) is 9.23 Å². The summed E-state index contributed by atoms with van der Waals surface area (Å²) < 4.78 is 32.8. The third kappa shape index (κ3) is 3.25. The van der Waals surface area contributed by atoms with E-state index in [9.17, 15) is 8.78 Å². The van der Waals surface area contributed by atoms with E-state index in [0.29, 0.717) is 10.8 Å². The van der Waals surface area contributed by atoms with Crippen molar-refractivity contribution in [3.8, 4) is 5.75 Å². The lowest BCUT2D eigenvalue weighted by molar-refractivity contribution is 0.292. The first-order chi connectivity index (χ1) is 8.99. The first-order valence-electron chi connectivity index (χ1n) is 5.50. The van der Waals surface area contributed by atoms with Crippen LogP contribution in [0, 0.1) is 18.6 Å². The fourth-order valence-electron chi connectivity index (χ4n) is 1.57. The molecule has 0 atom stereocenters. The summed E-state index contributed by atoms with van der Waals surface area (Å²) in [7, 11) is 0. The average molecular weight is 348 g/mol. The Balaban J connectivity index is 2.21. The Morgan fingerprint density at radius 2 is 1.95 bits per heavy atom. The molecular weight excluding hydrogens is 338 g/mol. The highest BCUT2D eigenvalue weighted by Gasteiger charge is 2.13. The maximum atomic E-state index is 13.7. The highest BCUT2D eigenvalue weighted by molar-refractivity contribution is 9.10. The molecule has 0 N–H and O–H groups in total. The van der Waals surface area contributed by atoms with Gasteiger partial charge in [-0.25, -0.2) is 8.78 Å². The summed E-state index contributed by atoms with van der Waals surface area (Å²) in [6.07, 6.45) is 0. The molecule has 0 radical (unpaired) electrons. The lowest BCUT2D eigenvalue weighted by Crippen LogP contribution is -2.03. The van der Waals surface area contributed by atoms with Crippen LogP contribution in [0.3, 0.4) is 0 Å². The van der Waals surface area contributed by atoms with Gasteiger partial charge in [0.1, 0.15) is 24.0 Å². The van der Waals surface area contributed by atoms with Gasteiger partial charge in [0.25, 0.3) is 0 Å². The zero-order chi connectivity index (χ0) is 14.0. The van der Waals surface area contributed by atoms with E-state index in [1.165, 1.54) is 12.1 Å². The highest BCUT2D eigenvalue weighted by atomic mass is 79.9. The van der Waals surface area contributed by atoms with Gasteiger partial charge in [0.15, 0.2) is 0 Å². The zero-order valence-electron chi connectivity index (χ0n) is 10.0. The Bertz CT molecular complexity index is 617. The van der Waals surface area contributed by atoms with E-state index >= 15 is 0 Å². The molecule has 0 aliphatic rings. The molecule has 0 unspecified atom stereocenters. The predicted octanol–water partition coefficient (Wildman–Crippen LogP) is 5.27. The lowest BCUT2D eigenvalue weighted by Gasteiger charge is -2.10. The van der Waals surface area contributed by atoms with Crippen molar-refractivity contribution < 1.29 is 13.5 Å². The molecule has 0 aliphatic heterocycles. The molecule has 0 amide bonds. The average Bonchev–Trinajstić information content (AvgIpc) is 2.36. The molecule has 0 spiro atoms. The number of rotatable bonds is 3.